The molecule has 1 radical (unpaired) electrons. The SMILES string of the molecule is Cn1cnc2cc(-c3ncnn3-c3c(-c4ccccc4)cccc3-c3ccccc3)[c-]cc21.[Ir]. The standard InChI is InChI=1S/C28H20N5.Ir/c1-32-19-30-25-17-22(15-16-26(25)32)28-29-18-31-33(28)27-23(20-9-4-2-5-10-20)13-8-14-24(27)21-11-6-3-7-12-21;/h2-14,16-19H,1H3;/q-1;. The molecule has 6 rings (SSSR count). The number of aryl methyl sites for hydroxylation is 1. The molecule has 0 aliphatic rings. The van der Waals surface area contributed by atoms with E-state index in [0.717, 1.165) is 50.4 Å². The molecular formula is C28H20IrN5-. The van der Waals surface area contributed by atoms with Crippen LogP contribution in [0.15, 0.2) is 104 Å². The first-order valence-corrected chi connectivity index (χ1v) is 10.8. The Kier molecular flexibility index (Phi) is 5.93. The molecule has 0 spiro atoms. The summed E-state index contributed by atoms with van der Waals surface area (Å²) in [6, 6.07) is 34.5. The second-order valence-corrected chi connectivity index (χ2v) is 7.90. The van der Waals surface area contributed by atoms with Crippen LogP contribution >= 0.6 is 0 Å². The molecule has 4 aromatic carbocycles. The van der Waals surface area contributed by atoms with Crippen molar-refractivity contribution in [1.82, 2.24) is 24.3 Å². The summed E-state index contributed by atoms with van der Waals surface area (Å²) in [7, 11) is 1.98. The second kappa shape index (κ2) is 9.18. The minimum atomic E-state index is 0. The Labute approximate surface area is 211 Å². The zero-order valence-electron chi connectivity index (χ0n) is 18.4. The summed E-state index contributed by atoms with van der Waals surface area (Å²) in [4.78, 5) is 9.14. The van der Waals surface area contributed by atoms with E-state index in [-0.39, 0.29) is 20.1 Å². The second-order valence-electron chi connectivity index (χ2n) is 7.90. The minimum absolute atomic E-state index is 0. The van der Waals surface area contributed by atoms with Crippen molar-refractivity contribution in [3.63, 3.8) is 0 Å². The van der Waals surface area contributed by atoms with Gasteiger partial charge < -0.3 is 4.57 Å². The fourth-order valence-electron chi connectivity index (χ4n) is 4.26. The number of hydrogen-bond donors (Lipinski definition) is 0. The van der Waals surface area contributed by atoms with Gasteiger partial charge in [-0.1, -0.05) is 78.9 Å². The Morgan fingerprint density at radius 2 is 1.41 bits per heavy atom. The third-order valence-corrected chi connectivity index (χ3v) is 5.86. The number of nitrogens with zero attached hydrogens (tertiary/aromatic N) is 5. The van der Waals surface area contributed by atoms with Gasteiger partial charge in [-0.3, -0.25) is 14.6 Å². The summed E-state index contributed by atoms with van der Waals surface area (Å²) < 4.78 is 3.91. The van der Waals surface area contributed by atoms with Crippen LogP contribution in [0.2, 0.25) is 0 Å². The molecule has 6 heteroatoms. The molecule has 0 aliphatic carbocycles. The van der Waals surface area contributed by atoms with E-state index in [2.05, 4.69) is 87.9 Å². The maximum atomic E-state index is 4.68. The number of fused-ring (bicyclic) bond motifs is 1. The Bertz CT molecular complexity index is 1510. The zero-order chi connectivity index (χ0) is 22.2. The van der Waals surface area contributed by atoms with Crippen LogP contribution in [0.3, 0.4) is 0 Å². The van der Waals surface area contributed by atoms with Crippen LogP contribution in [0.1, 0.15) is 0 Å². The van der Waals surface area contributed by atoms with E-state index >= 15 is 0 Å². The summed E-state index contributed by atoms with van der Waals surface area (Å²) in [5, 5.41) is 4.68. The summed E-state index contributed by atoms with van der Waals surface area (Å²) >= 11 is 0. The van der Waals surface area contributed by atoms with Crippen molar-refractivity contribution >= 4 is 11.0 Å². The molecule has 0 amide bonds. The molecule has 2 aromatic heterocycles. The normalized spacial score (nSPS) is 10.9. The largest absolute Gasteiger partial charge is 0.373 e. The Morgan fingerprint density at radius 3 is 2.06 bits per heavy atom. The fraction of sp³-hybridized carbons (Fsp3) is 0.0357. The molecule has 0 atom stereocenters. The molecule has 0 aliphatic heterocycles. The monoisotopic (exact) mass is 619 g/mol. The molecule has 0 saturated carbocycles. The molecule has 0 bridgehead atoms. The third kappa shape index (κ3) is 3.77. The maximum absolute atomic E-state index is 4.68. The van der Waals surface area contributed by atoms with Gasteiger partial charge in [0.1, 0.15) is 6.33 Å². The number of imidazole rings is 1. The van der Waals surface area contributed by atoms with Crippen LogP contribution < -0.4 is 0 Å². The van der Waals surface area contributed by atoms with E-state index in [0.29, 0.717) is 0 Å². The molecule has 0 N–H and O–H groups in total. The van der Waals surface area contributed by atoms with E-state index in [4.69, 9.17) is 0 Å². The topological polar surface area (TPSA) is 48.5 Å². The van der Waals surface area contributed by atoms with Gasteiger partial charge >= 0.3 is 0 Å². The van der Waals surface area contributed by atoms with Gasteiger partial charge in [0.15, 0.2) is 0 Å². The van der Waals surface area contributed by atoms with Crippen molar-refractivity contribution < 1.29 is 20.1 Å². The zero-order valence-corrected chi connectivity index (χ0v) is 20.8. The van der Waals surface area contributed by atoms with Gasteiger partial charge in [-0.25, -0.2) is 0 Å². The predicted molar refractivity (Wildman–Crippen MR) is 131 cm³/mol. The third-order valence-electron chi connectivity index (χ3n) is 5.86. The first kappa shape index (κ1) is 22.0. The fourth-order valence-corrected chi connectivity index (χ4v) is 4.26. The minimum Gasteiger partial charge on any atom is -0.373 e. The van der Waals surface area contributed by atoms with Crippen LogP contribution in [0, 0.1) is 6.07 Å². The Hall–Kier alpha value is -3.86. The molecule has 34 heavy (non-hydrogen) atoms. The van der Waals surface area contributed by atoms with Crippen LogP contribution in [0.25, 0.3) is 50.4 Å². The van der Waals surface area contributed by atoms with Crippen molar-refractivity contribution in [3.8, 4) is 39.3 Å². The van der Waals surface area contributed by atoms with Crippen LogP contribution in [-0.4, -0.2) is 24.3 Å². The van der Waals surface area contributed by atoms with Gasteiger partial charge in [0.25, 0.3) is 0 Å². The Morgan fingerprint density at radius 1 is 0.765 bits per heavy atom. The van der Waals surface area contributed by atoms with Gasteiger partial charge in [0.2, 0.25) is 0 Å². The van der Waals surface area contributed by atoms with Crippen LogP contribution in [0.4, 0.5) is 0 Å². The van der Waals surface area contributed by atoms with Gasteiger partial charge in [0, 0.05) is 43.8 Å². The molecule has 5 nitrogen and oxygen atoms in total. The first-order valence-electron chi connectivity index (χ1n) is 10.8. The smallest absolute Gasteiger partial charge is 0.127 e. The van der Waals surface area contributed by atoms with E-state index < -0.39 is 0 Å². The Balaban J connectivity index is 0.00000241. The quantitative estimate of drug-likeness (QED) is 0.230. The molecule has 6 aromatic rings. The van der Waals surface area contributed by atoms with Gasteiger partial charge in [-0.2, -0.15) is 5.10 Å². The molecule has 0 fully saturated rings. The van der Waals surface area contributed by atoms with Gasteiger partial charge in [0.05, 0.1) is 17.8 Å². The van der Waals surface area contributed by atoms with Crippen molar-refractivity contribution in [1.29, 1.82) is 0 Å². The maximum Gasteiger partial charge on any atom is 0.127 e. The average molecular weight is 619 g/mol. The molecule has 2 heterocycles. The molecule has 0 unspecified atom stereocenters. The number of aromatic nitrogens is 5. The van der Waals surface area contributed by atoms with E-state index in [9.17, 15) is 0 Å². The molecule has 167 valence electrons. The molecule has 0 saturated heterocycles. The summed E-state index contributed by atoms with van der Waals surface area (Å²) in [6.07, 6.45) is 3.41. The number of rotatable bonds is 4. The summed E-state index contributed by atoms with van der Waals surface area (Å²) in [5.74, 6) is 0.725. The number of hydrogen-bond acceptors (Lipinski definition) is 3. The van der Waals surface area contributed by atoms with Crippen molar-refractivity contribution in [2.75, 3.05) is 0 Å². The summed E-state index contributed by atoms with van der Waals surface area (Å²) in [6.45, 7) is 0. The van der Waals surface area contributed by atoms with Crippen molar-refractivity contribution in [2.45, 2.75) is 0 Å². The van der Waals surface area contributed by atoms with E-state index in [1.165, 1.54) is 0 Å². The van der Waals surface area contributed by atoms with E-state index in [1.54, 1.807) is 6.33 Å². The van der Waals surface area contributed by atoms with Crippen molar-refractivity contribution in [2.24, 2.45) is 7.05 Å². The average Bonchev–Trinajstić information content (AvgIpc) is 3.51. The molecular weight excluding hydrogens is 599 g/mol. The predicted octanol–water partition coefficient (Wildman–Crippen LogP) is 5.95. The van der Waals surface area contributed by atoms with Crippen LogP contribution in [-0.2, 0) is 27.2 Å². The van der Waals surface area contributed by atoms with Gasteiger partial charge in [-0.05, 0) is 16.6 Å². The van der Waals surface area contributed by atoms with Crippen molar-refractivity contribution in [3.05, 3.63) is 110 Å². The first-order chi connectivity index (χ1) is 16.3. The van der Waals surface area contributed by atoms with Gasteiger partial charge in [-0.15, -0.1) is 23.8 Å². The van der Waals surface area contributed by atoms with E-state index in [1.807, 2.05) is 46.9 Å². The van der Waals surface area contributed by atoms with Crippen LogP contribution in [0.5, 0.6) is 0 Å². The number of benzene rings is 4. The summed E-state index contributed by atoms with van der Waals surface area (Å²) in [5.41, 5.74) is 8.18. The number of para-hydroxylation sites is 1.